The van der Waals surface area contributed by atoms with Crippen LogP contribution in [0.5, 0.6) is 5.88 Å². The summed E-state index contributed by atoms with van der Waals surface area (Å²) in [6, 6.07) is 9.57. The van der Waals surface area contributed by atoms with Gasteiger partial charge in [0.1, 0.15) is 0 Å². The second-order valence-corrected chi connectivity index (χ2v) is 4.24. The lowest BCUT2D eigenvalue weighted by Crippen LogP contribution is -2.29. The van der Waals surface area contributed by atoms with E-state index in [1.807, 2.05) is 30.3 Å². The van der Waals surface area contributed by atoms with Gasteiger partial charge in [0.25, 0.3) is 0 Å². The Morgan fingerprint density at radius 1 is 1.38 bits per heavy atom. The third-order valence-corrected chi connectivity index (χ3v) is 2.98. The Labute approximate surface area is 95.7 Å². The lowest BCUT2D eigenvalue weighted by Gasteiger charge is -2.15. The maximum atomic E-state index is 11.0. The molecule has 0 unspecified atom stereocenters. The van der Waals surface area contributed by atoms with Gasteiger partial charge in [-0.05, 0) is 5.56 Å². The molecule has 0 saturated heterocycles. The molecule has 0 atom stereocenters. The number of H-pyrrole nitrogens is 1. The Balaban J connectivity index is 2.18. The Bertz CT molecular complexity index is 520. The second-order valence-electron chi connectivity index (χ2n) is 3.28. The predicted octanol–water partition coefficient (Wildman–Crippen LogP) is 1.02. The third kappa shape index (κ3) is 2.23. The number of anilines is 1. The van der Waals surface area contributed by atoms with Gasteiger partial charge in [0.2, 0.25) is 5.88 Å². The highest BCUT2D eigenvalue weighted by atomic mass is 32.1. The van der Waals surface area contributed by atoms with Gasteiger partial charge in [0, 0.05) is 0 Å². The fourth-order valence-corrected chi connectivity index (χ4v) is 2.01. The molecule has 0 saturated carbocycles. The number of aromatic nitrogens is 1. The first-order valence-electron chi connectivity index (χ1n) is 4.65. The average molecular weight is 237 g/mol. The van der Waals surface area contributed by atoms with Crippen LogP contribution in [-0.4, -0.2) is 10.1 Å². The smallest absolute Gasteiger partial charge is 0.309 e. The molecule has 0 aliphatic rings. The van der Waals surface area contributed by atoms with E-state index in [9.17, 15) is 9.90 Å². The van der Waals surface area contributed by atoms with Crippen molar-refractivity contribution < 1.29 is 5.11 Å². The van der Waals surface area contributed by atoms with Crippen LogP contribution in [0.15, 0.2) is 35.1 Å². The number of aromatic amines is 1. The van der Waals surface area contributed by atoms with Crippen LogP contribution < -0.4 is 15.7 Å². The molecule has 84 valence electrons. The summed E-state index contributed by atoms with van der Waals surface area (Å²) in [4.78, 5) is 12.9. The Morgan fingerprint density at radius 3 is 2.62 bits per heavy atom. The molecule has 16 heavy (non-hydrogen) atoms. The number of aromatic hydroxyl groups is 1. The summed E-state index contributed by atoms with van der Waals surface area (Å²) in [5, 5.41) is 11.1. The zero-order valence-electron chi connectivity index (χ0n) is 8.38. The standard InChI is InChI=1S/C10H11N3O2S/c11-13(6-7-4-2-1-3-5-7)9-8(14)12-10(15)16-9/h1-5,14H,6,11H2,(H,12,15). The van der Waals surface area contributed by atoms with E-state index in [0.29, 0.717) is 11.5 Å². The summed E-state index contributed by atoms with van der Waals surface area (Å²) in [7, 11) is 0. The van der Waals surface area contributed by atoms with E-state index in [0.717, 1.165) is 16.9 Å². The molecule has 2 aromatic rings. The monoisotopic (exact) mass is 237 g/mol. The molecule has 0 radical (unpaired) electrons. The molecule has 0 fully saturated rings. The summed E-state index contributed by atoms with van der Waals surface area (Å²) in [5.41, 5.74) is 1.00. The van der Waals surface area contributed by atoms with Crippen LogP contribution in [0.1, 0.15) is 5.56 Å². The van der Waals surface area contributed by atoms with Crippen molar-refractivity contribution >= 4 is 16.3 Å². The number of hydrogen-bond acceptors (Lipinski definition) is 5. The summed E-state index contributed by atoms with van der Waals surface area (Å²) < 4.78 is 0. The number of nitrogens with two attached hydrogens (primary N) is 1. The van der Waals surface area contributed by atoms with E-state index in [1.165, 1.54) is 5.01 Å². The van der Waals surface area contributed by atoms with Crippen LogP contribution in [0.3, 0.4) is 0 Å². The van der Waals surface area contributed by atoms with E-state index in [4.69, 9.17) is 5.84 Å². The zero-order valence-corrected chi connectivity index (χ0v) is 9.20. The zero-order chi connectivity index (χ0) is 11.5. The number of nitrogens with one attached hydrogen (secondary N) is 1. The van der Waals surface area contributed by atoms with Crippen molar-refractivity contribution in [1.29, 1.82) is 0 Å². The first kappa shape index (κ1) is 10.7. The number of benzene rings is 1. The van der Waals surface area contributed by atoms with E-state index in [1.54, 1.807) is 0 Å². The predicted molar refractivity (Wildman–Crippen MR) is 63.4 cm³/mol. The highest BCUT2D eigenvalue weighted by Gasteiger charge is 2.12. The van der Waals surface area contributed by atoms with Crippen molar-refractivity contribution in [3.05, 3.63) is 45.6 Å². The minimum absolute atomic E-state index is 0.187. The minimum Gasteiger partial charge on any atom is -0.492 e. The van der Waals surface area contributed by atoms with Crippen LogP contribution in [0.4, 0.5) is 5.00 Å². The fourth-order valence-electron chi connectivity index (χ4n) is 1.36. The molecule has 1 aromatic carbocycles. The van der Waals surface area contributed by atoms with Gasteiger partial charge in [0.05, 0.1) is 6.54 Å². The Morgan fingerprint density at radius 2 is 2.06 bits per heavy atom. The maximum Gasteiger partial charge on any atom is 0.309 e. The number of thiazole rings is 1. The molecule has 1 aromatic heterocycles. The van der Waals surface area contributed by atoms with Crippen LogP contribution in [0.25, 0.3) is 0 Å². The molecule has 0 aliphatic carbocycles. The highest BCUT2D eigenvalue weighted by Crippen LogP contribution is 2.26. The molecular formula is C10H11N3O2S. The van der Waals surface area contributed by atoms with Gasteiger partial charge in [-0.15, -0.1) is 0 Å². The first-order valence-corrected chi connectivity index (χ1v) is 5.46. The number of hydrazine groups is 1. The van der Waals surface area contributed by atoms with Crippen molar-refractivity contribution in [3.63, 3.8) is 0 Å². The minimum atomic E-state index is -0.323. The van der Waals surface area contributed by atoms with Crippen LogP contribution in [-0.2, 0) is 6.54 Å². The number of hydrogen-bond donors (Lipinski definition) is 3. The molecule has 4 N–H and O–H groups in total. The molecule has 2 rings (SSSR count). The molecule has 5 nitrogen and oxygen atoms in total. The third-order valence-electron chi connectivity index (χ3n) is 2.07. The summed E-state index contributed by atoms with van der Waals surface area (Å²) >= 11 is 0.882. The molecule has 0 aliphatic heterocycles. The second kappa shape index (κ2) is 4.38. The largest absolute Gasteiger partial charge is 0.492 e. The van der Waals surface area contributed by atoms with Gasteiger partial charge in [0.15, 0.2) is 5.00 Å². The van der Waals surface area contributed by atoms with Gasteiger partial charge >= 0.3 is 4.87 Å². The van der Waals surface area contributed by atoms with E-state index < -0.39 is 0 Å². The lowest BCUT2D eigenvalue weighted by atomic mass is 10.2. The van der Waals surface area contributed by atoms with Crippen molar-refractivity contribution in [1.82, 2.24) is 4.98 Å². The van der Waals surface area contributed by atoms with Crippen molar-refractivity contribution in [2.75, 3.05) is 5.01 Å². The quantitative estimate of drug-likeness (QED) is 0.550. The van der Waals surface area contributed by atoms with Gasteiger partial charge in [-0.25, -0.2) is 5.84 Å². The maximum absolute atomic E-state index is 11.0. The van der Waals surface area contributed by atoms with E-state index >= 15 is 0 Å². The molecule has 1 heterocycles. The average Bonchev–Trinajstić information content (AvgIpc) is 2.59. The molecule has 0 bridgehead atoms. The molecule has 6 heteroatoms. The number of rotatable bonds is 3. The van der Waals surface area contributed by atoms with Crippen molar-refractivity contribution in [2.45, 2.75) is 6.54 Å². The van der Waals surface area contributed by atoms with Crippen molar-refractivity contribution in [3.8, 4) is 5.88 Å². The summed E-state index contributed by atoms with van der Waals surface area (Å²) in [6.07, 6.45) is 0. The van der Waals surface area contributed by atoms with Crippen LogP contribution in [0.2, 0.25) is 0 Å². The Hall–Kier alpha value is -1.79. The molecule has 0 amide bonds. The Kier molecular flexibility index (Phi) is 2.93. The van der Waals surface area contributed by atoms with Crippen LogP contribution in [0, 0.1) is 0 Å². The van der Waals surface area contributed by atoms with Crippen molar-refractivity contribution in [2.24, 2.45) is 5.84 Å². The normalized spacial score (nSPS) is 10.3. The molecular weight excluding hydrogens is 226 g/mol. The van der Waals surface area contributed by atoms with Crippen LogP contribution >= 0.6 is 11.3 Å². The van der Waals surface area contributed by atoms with Gasteiger partial charge in [-0.1, -0.05) is 41.7 Å². The fraction of sp³-hybridized carbons (Fsp3) is 0.100. The van der Waals surface area contributed by atoms with Gasteiger partial charge in [-0.2, -0.15) is 0 Å². The van der Waals surface area contributed by atoms with E-state index in [-0.39, 0.29) is 10.8 Å². The van der Waals surface area contributed by atoms with Gasteiger partial charge < -0.3 is 5.11 Å². The van der Waals surface area contributed by atoms with Gasteiger partial charge in [-0.3, -0.25) is 14.8 Å². The highest BCUT2D eigenvalue weighted by molar-refractivity contribution is 7.13. The summed E-state index contributed by atoms with van der Waals surface area (Å²) in [6.45, 7) is 0.433. The summed E-state index contributed by atoms with van der Waals surface area (Å²) in [5.74, 6) is 5.58. The SMILES string of the molecule is NN(Cc1ccccc1)c1sc(=O)[nH]c1O. The van der Waals surface area contributed by atoms with E-state index in [2.05, 4.69) is 4.98 Å². The lowest BCUT2D eigenvalue weighted by molar-refractivity contribution is 0.455. The first-order chi connectivity index (χ1) is 7.66. The topological polar surface area (TPSA) is 82.3 Å². The molecule has 0 spiro atoms. The number of nitrogens with zero attached hydrogens (tertiary/aromatic N) is 1.